The molecule has 0 aromatic heterocycles. The first kappa shape index (κ1) is 11.0. The van der Waals surface area contributed by atoms with Gasteiger partial charge in [0, 0.05) is 0 Å². The molecule has 0 amide bonds. The molecule has 0 bridgehead atoms. The van der Waals surface area contributed by atoms with Gasteiger partial charge < -0.3 is 0 Å². The van der Waals surface area contributed by atoms with Crippen LogP contribution in [0.15, 0.2) is 48.5 Å². The molecule has 3 aromatic carbocycles. The number of hydrogen-bond donors (Lipinski definition) is 0. The van der Waals surface area contributed by atoms with E-state index < -0.39 is 0 Å². The summed E-state index contributed by atoms with van der Waals surface area (Å²) in [6, 6.07) is 17.6. The van der Waals surface area contributed by atoms with Crippen molar-refractivity contribution in [3.05, 3.63) is 59.0 Å². The van der Waals surface area contributed by atoms with Crippen molar-refractivity contribution >= 4 is 33.7 Å². The van der Waals surface area contributed by atoms with Crippen molar-refractivity contribution in [3.8, 4) is 0 Å². The fourth-order valence-corrected chi connectivity index (χ4v) is 2.53. The van der Waals surface area contributed by atoms with Crippen LogP contribution in [0.3, 0.4) is 0 Å². The Morgan fingerprint density at radius 3 is 1.44 bits per heavy atom. The maximum absolute atomic E-state index is 2.27. The summed E-state index contributed by atoms with van der Waals surface area (Å²) < 4.78 is 0. The third-order valence-corrected chi connectivity index (χ3v) is 3.53. The third kappa shape index (κ3) is 1.70. The Kier molecular flexibility index (Phi) is 2.64. The molecular weight excluding hydrogens is 216 g/mol. The molecule has 0 saturated heterocycles. The second kappa shape index (κ2) is 4.30. The van der Waals surface area contributed by atoms with E-state index in [4.69, 9.17) is 0 Å². The van der Waals surface area contributed by atoms with Crippen LogP contribution in [0.4, 0.5) is 0 Å². The van der Waals surface area contributed by atoms with E-state index in [2.05, 4.69) is 74.5 Å². The van der Waals surface area contributed by atoms with Crippen LogP contribution in [0.5, 0.6) is 0 Å². The molecule has 0 unspecified atom stereocenters. The molecule has 18 heavy (non-hydrogen) atoms. The molecule has 0 saturated carbocycles. The first-order valence-corrected chi connectivity index (χ1v) is 6.37. The summed E-state index contributed by atoms with van der Waals surface area (Å²) >= 11 is 0. The highest BCUT2D eigenvalue weighted by Gasteiger charge is 1.98. The van der Waals surface area contributed by atoms with Crippen LogP contribution in [0.2, 0.25) is 0 Å². The van der Waals surface area contributed by atoms with Gasteiger partial charge in [0.15, 0.2) is 0 Å². The van der Waals surface area contributed by atoms with E-state index in [0.717, 1.165) is 0 Å². The molecule has 0 heterocycles. The van der Waals surface area contributed by atoms with Gasteiger partial charge in [-0.2, -0.15) is 0 Å². The average molecular weight is 232 g/mol. The van der Waals surface area contributed by atoms with Crippen molar-refractivity contribution in [3.63, 3.8) is 0 Å². The second-order valence-corrected chi connectivity index (χ2v) is 4.60. The fraction of sp³-hybridized carbons (Fsp3) is 0.111. The lowest BCUT2D eigenvalue weighted by molar-refractivity contribution is 1.54. The largest absolute Gasteiger partial charge is 0.0798 e. The second-order valence-electron chi connectivity index (χ2n) is 4.60. The summed E-state index contributed by atoms with van der Waals surface area (Å²) in [5.74, 6) is 0. The van der Waals surface area contributed by atoms with Gasteiger partial charge in [0.25, 0.3) is 0 Å². The van der Waals surface area contributed by atoms with Gasteiger partial charge in [-0.25, -0.2) is 0 Å². The van der Waals surface area contributed by atoms with Gasteiger partial charge in [-0.3, -0.25) is 0 Å². The molecule has 0 aliphatic carbocycles. The third-order valence-electron chi connectivity index (χ3n) is 3.53. The monoisotopic (exact) mass is 232 g/mol. The van der Waals surface area contributed by atoms with Crippen LogP contribution in [-0.4, -0.2) is 0 Å². The summed E-state index contributed by atoms with van der Waals surface area (Å²) in [4.78, 5) is 0. The number of fused-ring (bicyclic) bond motifs is 2. The molecule has 0 aliphatic heterocycles. The molecule has 0 radical (unpaired) electrons. The fourth-order valence-electron chi connectivity index (χ4n) is 2.53. The van der Waals surface area contributed by atoms with E-state index >= 15 is 0 Å². The lowest BCUT2D eigenvalue weighted by atomic mass is 10.0. The highest BCUT2D eigenvalue weighted by Crippen LogP contribution is 2.20. The van der Waals surface area contributed by atoms with Crippen molar-refractivity contribution in [2.45, 2.75) is 13.8 Å². The number of benzene rings is 3. The van der Waals surface area contributed by atoms with Gasteiger partial charge in [0.05, 0.1) is 0 Å². The van der Waals surface area contributed by atoms with Crippen molar-refractivity contribution in [2.75, 3.05) is 0 Å². The first-order chi connectivity index (χ1) is 8.81. The molecule has 0 heteroatoms. The van der Waals surface area contributed by atoms with Crippen LogP contribution in [0, 0.1) is 0 Å². The predicted octanol–water partition coefficient (Wildman–Crippen LogP) is 3.59. The minimum absolute atomic E-state index is 1.31. The Morgan fingerprint density at radius 1 is 0.611 bits per heavy atom. The van der Waals surface area contributed by atoms with Gasteiger partial charge in [-0.1, -0.05) is 36.4 Å². The van der Waals surface area contributed by atoms with E-state index in [9.17, 15) is 0 Å². The highest BCUT2D eigenvalue weighted by molar-refractivity contribution is 5.98. The average Bonchev–Trinajstić information content (AvgIpc) is 2.43. The standard InChI is InChI=1S/C18H16/c1-3-13-9-17-11-15-7-5-6-8-16(15)12-18(17)10-14(13)4-2/h3-12H,1-2H3. The van der Waals surface area contributed by atoms with Gasteiger partial charge in [0.1, 0.15) is 0 Å². The molecular formula is C18H16. The van der Waals surface area contributed by atoms with Gasteiger partial charge in [-0.05, 0) is 70.1 Å². The van der Waals surface area contributed by atoms with Gasteiger partial charge in [-0.15, -0.1) is 0 Å². The Morgan fingerprint density at radius 2 is 1.06 bits per heavy atom. The molecule has 0 nitrogen and oxygen atoms in total. The van der Waals surface area contributed by atoms with E-state index in [1.54, 1.807) is 0 Å². The predicted molar refractivity (Wildman–Crippen MR) is 81.0 cm³/mol. The summed E-state index contributed by atoms with van der Waals surface area (Å²) in [7, 11) is 0. The van der Waals surface area contributed by atoms with Crippen molar-refractivity contribution in [1.29, 1.82) is 0 Å². The van der Waals surface area contributed by atoms with E-state index in [0.29, 0.717) is 0 Å². The number of rotatable bonds is 0. The molecule has 0 fully saturated rings. The summed E-state index contributed by atoms with van der Waals surface area (Å²) in [6.07, 6.45) is 4.34. The number of hydrogen-bond acceptors (Lipinski definition) is 0. The van der Waals surface area contributed by atoms with Crippen molar-refractivity contribution in [2.24, 2.45) is 0 Å². The topological polar surface area (TPSA) is 0 Å². The van der Waals surface area contributed by atoms with Crippen LogP contribution >= 0.6 is 0 Å². The molecule has 3 aromatic rings. The zero-order chi connectivity index (χ0) is 12.5. The van der Waals surface area contributed by atoms with Crippen molar-refractivity contribution < 1.29 is 0 Å². The van der Waals surface area contributed by atoms with E-state index in [-0.39, 0.29) is 0 Å². The van der Waals surface area contributed by atoms with Gasteiger partial charge in [0.2, 0.25) is 0 Å². The highest BCUT2D eigenvalue weighted by atomic mass is 14.0. The van der Waals surface area contributed by atoms with Crippen LogP contribution in [0.1, 0.15) is 13.8 Å². The van der Waals surface area contributed by atoms with Gasteiger partial charge >= 0.3 is 0 Å². The first-order valence-electron chi connectivity index (χ1n) is 6.37. The maximum atomic E-state index is 2.27. The molecule has 88 valence electrons. The minimum atomic E-state index is 1.31. The summed E-state index contributed by atoms with van der Waals surface area (Å²) in [5, 5.41) is 7.85. The van der Waals surface area contributed by atoms with E-state index in [1.165, 1.54) is 32.0 Å². The Hall–Kier alpha value is -2.08. The Balaban J connectivity index is 2.52. The zero-order valence-corrected chi connectivity index (χ0v) is 10.8. The maximum Gasteiger partial charge on any atom is -0.0171 e. The Labute approximate surface area is 107 Å². The van der Waals surface area contributed by atoms with Crippen LogP contribution in [-0.2, 0) is 0 Å². The molecule has 0 spiro atoms. The zero-order valence-electron chi connectivity index (χ0n) is 10.8. The quantitative estimate of drug-likeness (QED) is 0.520. The molecule has 0 N–H and O–H groups in total. The summed E-state index contributed by atoms with van der Waals surface area (Å²) in [5.41, 5.74) is 0. The normalized spacial score (nSPS) is 13.7. The smallest absolute Gasteiger partial charge is 0.0171 e. The SMILES string of the molecule is CC=c1cc2cc3ccccc3cc2cc1=CC. The van der Waals surface area contributed by atoms with Crippen molar-refractivity contribution in [1.82, 2.24) is 0 Å². The van der Waals surface area contributed by atoms with E-state index in [1.807, 2.05) is 0 Å². The van der Waals surface area contributed by atoms with Crippen LogP contribution < -0.4 is 10.4 Å². The lowest BCUT2D eigenvalue weighted by Gasteiger charge is -2.03. The minimum Gasteiger partial charge on any atom is -0.0798 e. The molecule has 0 atom stereocenters. The lowest BCUT2D eigenvalue weighted by Crippen LogP contribution is -2.23. The molecule has 3 rings (SSSR count). The van der Waals surface area contributed by atoms with Crippen LogP contribution in [0.25, 0.3) is 33.7 Å². The molecule has 0 aliphatic rings. The Bertz CT molecular complexity index is 767. The summed E-state index contributed by atoms with van der Waals surface area (Å²) in [6.45, 7) is 4.18.